The highest BCUT2D eigenvalue weighted by molar-refractivity contribution is 5.75. The lowest BCUT2D eigenvalue weighted by Crippen LogP contribution is -2.32. The van der Waals surface area contributed by atoms with Crippen molar-refractivity contribution >= 4 is 5.97 Å². The third kappa shape index (κ3) is 5.76. The second kappa shape index (κ2) is 8.03. The summed E-state index contributed by atoms with van der Waals surface area (Å²) < 4.78 is 10.6. The van der Waals surface area contributed by atoms with Crippen LogP contribution in [-0.4, -0.2) is 26.2 Å². The van der Waals surface area contributed by atoms with E-state index < -0.39 is 5.41 Å². The SMILES string of the molecule is COC(=O)C(C)(C)COc1ccccc1CNCC(C)C. The van der Waals surface area contributed by atoms with Crippen LogP contribution in [0.15, 0.2) is 24.3 Å². The summed E-state index contributed by atoms with van der Waals surface area (Å²) in [5, 5.41) is 3.40. The second-order valence-electron chi connectivity index (χ2n) is 6.30. The zero-order valence-electron chi connectivity index (χ0n) is 13.7. The zero-order chi connectivity index (χ0) is 15.9. The molecular weight excluding hydrogens is 266 g/mol. The summed E-state index contributed by atoms with van der Waals surface area (Å²) in [4.78, 5) is 11.7. The predicted molar refractivity (Wildman–Crippen MR) is 84.3 cm³/mol. The van der Waals surface area contributed by atoms with Crippen molar-refractivity contribution in [3.05, 3.63) is 29.8 Å². The van der Waals surface area contributed by atoms with Crippen molar-refractivity contribution in [3.8, 4) is 5.75 Å². The van der Waals surface area contributed by atoms with Gasteiger partial charge in [0, 0.05) is 12.1 Å². The summed E-state index contributed by atoms with van der Waals surface area (Å²) >= 11 is 0. The summed E-state index contributed by atoms with van der Waals surface area (Å²) in [5.41, 5.74) is 0.437. The third-order valence-corrected chi connectivity index (χ3v) is 3.17. The Bertz CT molecular complexity index is 455. The molecule has 4 nitrogen and oxygen atoms in total. The molecule has 0 saturated heterocycles. The molecule has 0 unspecified atom stereocenters. The highest BCUT2D eigenvalue weighted by atomic mass is 16.5. The number of esters is 1. The molecule has 0 aliphatic heterocycles. The Morgan fingerprint density at radius 2 is 1.95 bits per heavy atom. The van der Waals surface area contributed by atoms with E-state index in [2.05, 4.69) is 19.2 Å². The van der Waals surface area contributed by atoms with Crippen LogP contribution in [-0.2, 0) is 16.1 Å². The maximum atomic E-state index is 11.7. The monoisotopic (exact) mass is 293 g/mol. The van der Waals surface area contributed by atoms with Crippen LogP contribution in [0.25, 0.3) is 0 Å². The normalized spacial score (nSPS) is 11.5. The van der Waals surface area contributed by atoms with Gasteiger partial charge in [-0.25, -0.2) is 0 Å². The van der Waals surface area contributed by atoms with Gasteiger partial charge in [0.05, 0.1) is 12.5 Å². The Labute approximate surface area is 127 Å². The van der Waals surface area contributed by atoms with Crippen LogP contribution in [0.2, 0.25) is 0 Å². The van der Waals surface area contributed by atoms with Gasteiger partial charge < -0.3 is 14.8 Å². The van der Waals surface area contributed by atoms with Crippen LogP contribution in [0.3, 0.4) is 0 Å². The van der Waals surface area contributed by atoms with E-state index in [0.717, 1.165) is 24.4 Å². The molecule has 0 aliphatic rings. The molecule has 1 aromatic rings. The smallest absolute Gasteiger partial charge is 0.314 e. The molecule has 0 atom stereocenters. The number of nitrogens with one attached hydrogen (secondary N) is 1. The van der Waals surface area contributed by atoms with Gasteiger partial charge in [-0.15, -0.1) is 0 Å². The van der Waals surface area contributed by atoms with Gasteiger partial charge in [0.2, 0.25) is 0 Å². The molecule has 0 radical (unpaired) electrons. The van der Waals surface area contributed by atoms with E-state index in [1.165, 1.54) is 7.11 Å². The Hall–Kier alpha value is -1.55. The van der Waals surface area contributed by atoms with E-state index in [1.807, 2.05) is 38.1 Å². The highest BCUT2D eigenvalue weighted by Crippen LogP contribution is 2.23. The average molecular weight is 293 g/mol. The van der Waals surface area contributed by atoms with Crippen LogP contribution in [0.4, 0.5) is 0 Å². The van der Waals surface area contributed by atoms with Crippen LogP contribution >= 0.6 is 0 Å². The molecule has 0 bridgehead atoms. The number of hydrogen-bond acceptors (Lipinski definition) is 4. The Balaban J connectivity index is 2.64. The summed E-state index contributed by atoms with van der Waals surface area (Å²) in [5.74, 6) is 1.15. The predicted octanol–water partition coefficient (Wildman–Crippen LogP) is 3.01. The largest absolute Gasteiger partial charge is 0.492 e. The number of para-hydroxylation sites is 1. The van der Waals surface area contributed by atoms with Crippen LogP contribution in [0, 0.1) is 11.3 Å². The van der Waals surface area contributed by atoms with Gasteiger partial charge >= 0.3 is 5.97 Å². The fourth-order valence-electron chi connectivity index (χ4n) is 1.88. The van der Waals surface area contributed by atoms with E-state index in [-0.39, 0.29) is 5.97 Å². The standard InChI is InChI=1S/C17H27NO3/c1-13(2)10-18-11-14-8-6-7-9-15(14)21-12-17(3,4)16(19)20-5/h6-9,13,18H,10-12H2,1-5H3. The molecule has 0 saturated carbocycles. The first-order valence-corrected chi connectivity index (χ1v) is 7.36. The van der Waals surface area contributed by atoms with Crippen molar-refractivity contribution in [2.24, 2.45) is 11.3 Å². The molecule has 0 spiro atoms. The molecule has 1 rings (SSSR count). The highest BCUT2D eigenvalue weighted by Gasteiger charge is 2.29. The van der Waals surface area contributed by atoms with Gasteiger partial charge in [0.1, 0.15) is 12.4 Å². The number of rotatable bonds is 8. The number of carbonyl (C=O) groups excluding carboxylic acids is 1. The summed E-state index contributed by atoms with van der Waals surface area (Å²) in [6, 6.07) is 7.89. The summed E-state index contributed by atoms with van der Waals surface area (Å²) in [7, 11) is 1.40. The van der Waals surface area contributed by atoms with Gasteiger partial charge in [-0.05, 0) is 32.4 Å². The molecule has 118 valence electrons. The van der Waals surface area contributed by atoms with Gasteiger partial charge in [-0.1, -0.05) is 32.0 Å². The van der Waals surface area contributed by atoms with Gasteiger partial charge in [0.15, 0.2) is 0 Å². The van der Waals surface area contributed by atoms with Gasteiger partial charge in [0.25, 0.3) is 0 Å². The molecule has 1 N–H and O–H groups in total. The molecule has 0 heterocycles. The zero-order valence-corrected chi connectivity index (χ0v) is 13.7. The minimum absolute atomic E-state index is 0.266. The summed E-state index contributed by atoms with van der Waals surface area (Å²) in [6.07, 6.45) is 0. The van der Waals surface area contributed by atoms with Crippen molar-refractivity contribution in [2.75, 3.05) is 20.3 Å². The van der Waals surface area contributed by atoms with Crippen LogP contribution in [0.1, 0.15) is 33.3 Å². The average Bonchev–Trinajstić information content (AvgIpc) is 2.45. The Kier molecular flexibility index (Phi) is 6.69. The van der Waals surface area contributed by atoms with Crippen molar-refractivity contribution < 1.29 is 14.3 Å². The molecule has 0 aliphatic carbocycles. The first-order chi connectivity index (χ1) is 9.86. The maximum absolute atomic E-state index is 11.7. The van der Waals surface area contributed by atoms with E-state index >= 15 is 0 Å². The van der Waals surface area contributed by atoms with Crippen LogP contribution < -0.4 is 10.1 Å². The fraction of sp³-hybridized carbons (Fsp3) is 0.588. The number of hydrogen-bond donors (Lipinski definition) is 1. The van der Waals surface area contributed by atoms with E-state index in [9.17, 15) is 4.79 Å². The van der Waals surface area contributed by atoms with E-state index in [1.54, 1.807) is 0 Å². The van der Waals surface area contributed by atoms with Crippen molar-refractivity contribution in [1.29, 1.82) is 0 Å². The van der Waals surface area contributed by atoms with Gasteiger partial charge in [-0.2, -0.15) is 0 Å². The van der Waals surface area contributed by atoms with Crippen LogP contribution in [0.5, 0.6) is 5.75 Å². The van der Waals surface area contributed by atoms with E-state index in [4.69, 9.17) is 9.47 Å². The maximum Gasteiger partial charge on any atom is 0.314 e. The lowest BCUT2D eigenvalue weighted by Gasteiger charge is -2.22. The topological polar surface area (TPSA) is 47.6 Å². The Morgan fingerprint density at radius 1 is 1.29 bits per heavy atom. The number of ether oxygens (including phenoxy) is 2. The fourth-order valence-corrected chi connectivity index (χ4v) is 1.88. The molecule has 0 fully saturated rings. The molecule has 21 heavy (non-hydrogen) atoms. The second-order valence-corrected chi connectivity index (χ2v) is 6.30. The number of carbonyl (C=O) groups is 1. The first-order valence-electron chi connectivity index (χ1n) is 7.36. The minimum Gasteiger partial charge on any atom is -0.492 e. The third-order valence-electron chi connectivity index (χ3n) is 3.17. The molecule has 0 aromatic heterocycles. The Morgan fingerprint density at radius 3 is 2.57 bits per heavy atom. The molecule has 1 aromatic carbocycles. The number of methoxy groups -OCH3 is 1. The lowest BCUT2D eigenvalue weighted by molar-refractivity contribution is -0.152. The van der Waals surface area contributed by atoms with Crippen molar-refractivity contribution in [2.45, 2.75) is 34.2 Å². The number of benzene rings is 1. The quantitative estimate of drug-likeness (QED) is 0.749. The lowest BCUT2D eigenvalue weighted by atomic mass is 9.95. The summed E-state index contributed by atoms with van der Waals surface area (Å²) in [6.45, 7) is 10.00. The van der Waals surface area contributed by atoms with E-state index in [0.29, 0.717) is 12.5 Å². The molecule has 4 heteroatoms. The van der Waals surface area contributed by atoms with Gasteiger partial charge in [-0.3, -0.25) is 4.79 Å². The minimum atomic E-state index is -0.660. The molecule has 0 amide bonds. The van der Waals surface area contributed by atoms with Crippen molar-refractivity contribution in [1.82, 2.24) is 5.32 Å². The molecular formula is C17H27NO3. The van der Waals surface area contributed by atoms with Crippen molar-refractivity contribution in [3.63, 3.8) is 0 Å². The first kappa shape index (κ1) is 17.5.